The van der Waals surface area contributed by atoms with E-state index in [1.165, 1.54) is 20.1 Å². The number of hydrogen-bond acceptors (Lipinski definition) is 5. The number of methoxy groups -OCH3 is 1. The van der Waals surface area contributed by atoms with Crippen LogP contribution in [0.15, 0.2) is 23.3 Å². The number of nitrogens with one attached hydrogen (secondary N) is 1. The Kier molecular flexibility index (Phi) is 5.72. The molecule has 0 radical (unpaired) electrons. The number of benzene rings is 1. The van der Waals surface area contributed by atoms with Crippen LogP contribution >= 0.6 is 0 Å². The Morgan fingerprint density at radius 2 is 2.05 bits per heavy atom. The van der Waals surface area contributed by atoms with Crippen molar-refractivity contribution in [2.24, 2.45) is 5.10 Å². The average molecular weight is 294 g/mol. The molecule has 0 aliphatic heterocycles. The summed E-state index contributed by atoms with van der Waals surface area (Å²) in [5.74, 6) is 0.651. The summed E-state index contributed by atoms with van der Waals surface area (Å²) in [6.45, 7) is 6.62. The van der Waals surface area contributed by atoms with E-state index in [9.17, 15) is 9.90 Å². The SMILES string of the molecule is COc1ccc(C=NNC(=O)C(C)(C)O)cc1OC(C)C. The minimum Gasteiger partial charge on any atom is -0.493 e. The number of carbonyl (C=O) groups is 1. The summed E-state index contributed by atoms with van der Waals surface area (Å²) in [5, 5.41) is 13.3. The third-order valence-electron chi connectivity index (χ3n) is 2.49. The topological polar surface area (TPSA) is 80.2 Å². The van der Waals surface area contributed by atoms with Gasteiger partial charge in [-0.1, -0.05) is 0 Å². The first-order valence-corrected chi connectivity index (χ1v) is 6.64. The molecule has 6 nitrogen and oxygen atoms in total. The highest BCUT2D eigenvalue weighted by molar-refractivity contribution is 5.86. The lowest BCUT2D eigenvalue weighted by Crippen LogP contribution is -2.39. The minimum atomic E-state index is -1.47. The predicted octanol–water partition coefficient (Wildman–Crippen LogP) is 1.70. The van der Waals surface area contributed by atoms with Gasteiger partial charge in [-0.25, -0.2) is 5.43 Å². The second-order valence-corrected chi connectivity index (χ2v) is 5.34. The first-order valence-electron chi connectivity index (χ1n) is 6.64. The summed E-state index contributed by atoms with van der Waals surface area (Å²) >= 11 is 0. The van der Waals surface area contributed by atoms with Crippen molar-refractivity contribution in [3.63, 3.8) is 0 Å². The molecule has 1 rings (SSSR count). The molecule has 0 aliphatic carbocycles. The molecule has 6 heteroatoms. The molecular formula is C15H22N2O4. The number of nitrogens with zero attached hydrogens (tertiary/aromatic N) is 1. The largest absolute Gasteiger partial charge is 0.493 e. The summed E-state index contributed by atoms with van der Waals surface area (Å²) in [6, 6.07) is 5.31. The van der Waals surface area contributed by atoms with Crippen molar-refractivity contribution in [1.29, 1.82) is 0 Å². The molecule has 1 aromatic rings. The standard InChI is InChI=1S/C15H22N2O4/c1-10(2)21-13-8-11(6-7-12(13)20-5)9-16-17-14(18)15(3,4)19/h6-10,19H,1-5H3,(H,17,18). The van der Waals surface area contributed by atoms with Crippen LogP contribution in [0.2, 0.25) is 0 Å². The number of rotatable bonds is 6. The van der Waals surface area contributed by atoms with Crippen molar-refractivity contribution < 1.29 is 19.4 Å². The Labute approximate surface area is 124 Å². The zero-order valence-corrected chi connectivity index (χ0v) is 13.0. The number of carbonyl (C=O) groups excluding carboxylic acids is 1. The van der Waals surface area contributed by atoms with E-state index in [4.69, 9.17) is 9.47 Å². The highest BCUT2D eigenvalue weighted by Gasteiger charge is 2.22. The van der Waals surface area contributed by atoms with Crippen molar-refractivity contribution >= 4 is 12.1 Å². The quantitative estimate of drug-likeness (QED) is 0.618. The van der Waals surface area contributed by atoms with Gasteiger partial charge in [-0.15, -0.1) is 0 Å². The molecule has 0 aliphatic rings. The summed E-state index contributed by atoms with van der Waals surface area (Å²) in [6.07, 6.45) is 1.48. The van der Waals surface area contributed by atoms with Crippen LogP contribution in [0.5, 0.6) is 11.5 Å². The van der Waals surface area contributed by atoms with Gasteiger partial charge in [0.15, 0.2) is 11.5 Å². The zero-order valence-electron chi connectivity index (χ0n) is 13.0. The maximum atomic E-state index is 11.4. The number of hydrazone groups is 1. The van der Waals surface area contributed by atoms with Gasteiger partial charge in [-0.05, 0) is 51.5 Å². The molecule has 0 aromatic heterocycles. The van der Waals surface area contributed by atoms with Gasteiger partial charge in [-0.3, -0.25) is 4.79 Å². The molecule has 1 amide bonds. The zero-order chi connectivity index (χ0) is 16.0. The molecular weight excluding hydrogens is 272 g/mol. The van der Waals surface area contributed by atoms with E-state index in [0.717, 1.165) is 5.56 Å². The molecule has 116 valence electrons. The third kappa shape index (κ3) is 5.43. The molecule has 1 aromatic carbocycles. The first kappa shape index (κ1) is 17.0. The Hall–Kier alpha value is -2.08. The van der Waals surface area contributed by atoms with E-state index < -0.39 is 11.5 Å². The molecule has 0 saturated heterocycles. The predicted molar refractivity (Wildman–Crippen MR) is 80.8 cm³/mol. The number of ether oxygens (including phenoxy) is 2. The number of amides is 1. The van der Waals surface area contributed by atoms with Gasteiger partial charge in [0.05, 0.1) is 19.4 Å². The van der Waals surface area contributed by atoms with Crippen LogP contribution in [0.25, 0.3) is 0 Å². The van der Waals surface area contributed by atoms with E-state index >= 15 is 0 Å². The highest BCUT2D eigenvalue weighted by atomic mass is 16.5. The fourth-order valence-corrected chi connectivity index (χ4v) is 1.42. The Morgan fingerprint density at radius 1 is 1.38 bits per heavy atom. The molecule has 0 unspecified atom stereocenters. The Balaban J connectivity index is 2.82. The number of hydrogen-bond donors (Lipinski definition) is 2. The van der Waals surface area contributed by atoms with Crippen LogP contribution in [-0.4, -0.2) is 36.0 Å². The molecule has 0 saturated carbocycles. The van der Waals surface area contributed by atoms with Gasteiger partial charge in [0.25, 0.3) is 5.91 Å². The van der Waals surface area contributed by atoms with E-state index in [-0.39, 0.29) is 6.10 Å². The first-order chi connectivity index (χ1) is 9.74. The lowest BCUT2D eigenvalue weighted by atomic mass is 10.1. The lowest BCUT2D eigenvalue weighted by molar-refractivity contribution is -0.136. The van der Waals surface area contributed by atoms with Gasteiger partial charge in [-0.2, -0.15) is 5.10 Å². The van der Waals surface area contributed by atoms with Crippen LogP contribution in [0.4, 0.5) is 0 Å². The molecule has 2 N–H and O–H groups in total. The fraction of sp³-hybridized carbons (Fsp3) is 0.467. The Bertz CT molecular complexity index is 519. The third-order valence-corrected chi connectivity index (χ3v) is 2.49. The van der Waals surface area contributed by atoms with Crippen LogP contribution in [0.1, 0.15) is 33.3 Å². The summed E-state index contributed by atoms with van der Waals surface area (Å²) in [4.78, 5) is 11.4. The highest BCUT2D eigenvalue weighted by Crippen LogP contribution is 2.28. The monoisotopic (exact) mass is 294 g/mol. The molecule has 0 bridgehead atoms. The second-order valence-electron chi connectivity index (χ2n) is 5.34. The fourth-order valence-electron chi connectivity index (χ4n) is 1.42. The smallest absolute Gasteiger partial charge is 0.271 e. The van der Waals surface area contributed by atoms with Gasteiger partial charge >= 0.3 is 0 Å². The molecule has 0 heterocycles. The van der Waals surface area contributed by atoms with Gasteiger partial charge < -0.3 is 14.6 Å². The van der Waals surface area contributed by atoms with Crippen LogP contribution in [0, 0.1) is 0 Å². The van der Waals surface area contributed by atoms with Crippen LogP contribution in [0.3, 0.4) is 0 Å². The van der Waals surface area contributed by atoms with Crippen molar-refractivity contribution in [2.45, 2.75) is 39.4 Å². The second kappa shape index (κ2) is 7.08. The normalized spacial score (nSPS) is 11.8. The van der Waals surface area contributed by atoms with Gasteiger partial charge in [0, 0.05) is 0 Å². The van der Waals surface area contributed by atoms with Gasteiger partial charge in [0.1, 0.15) is 5.60 Å². The van der Waals surface area contributed by atoms with Crippen LogP contribution < -0.4 is 14.9 Å². The maximum absolute atomic E-state index is 11.4. The number of aliphatic hydroxyl groups is 1. The van der Waals surface area contributed by atoms with Gasteiger partial charge in [0.2, 0.25) is 0 Å². The van der Waals surface area contributed by atoms with Crippen LogP contribution in [-0.2, 0) is 4.79 Å². The Morgan fingerprint density at radius 3 is 2.57 bits per heavy atom. The summed E-state index contributed by atoms with van der Waals surface area (Å²) < 4.78 is 10.9. The lowest BCUT2D eigenvalue weighted by Gasteiger charge is -2.14. The average Bonchev–Trinajstić information content (AvgIpc) is 2.37. The van der Waals surface area contributed by atoms with E-state index in [1.807, 2.05) is 13.8 Å². The van der Waals surface area contributed by atoms with Crippen molar-refractivity contribution in [2.75, 3.05) is 7.11 Å². The molecule has 0 atom stereocenters. The molecule has 0 fully saturated rings. The van der Waals surface area contributed by atoms with Crippen molar-refractivity contribution in [3.05, 3.63) is 23.8 Å². The van der Waals surface area contributed by atoms with Crippen molar-refractivity contribution in [3.8, 4) is 11.5 Å². The summed E-state index contributed by atoms with van der Waals surface area (Å²) in [5.41, 5.74) is 1.54. The minimum absolute atomic E-state index is 0.0148. The summed E-state index contributed by atoms with van der Waals surface area (Å²) in [7, 11) is 1.57. The maximum Gasteiger partial charge on any atom is 0.271 e. The van der Waals surface area contributed by atoms with E-state index in [2.05, 4.69) is 10.5 Å². The van der Waals surface area contributed by atoms with Crippen molar-refractivity contribution in [1.82, 2.24) is 5.43 Å². The molecule has 0 spiro atoms. The van der Waals surface area contributed by atoms with E-state index in [1.54, 1.807) is 25.3 Å². The molecule has 21 heavy (non-hydrogen) atoms. The van der Waals surface area contributed by atoms with E-state index in [0.29, 0.717) is 11.5 Å².